The minimum absolute atomic E-state index is 0.0200. The lowest BCUT2D eigenvalue weighted by molar-refractivity contribution is 0.214. The molecule has 3 rings (SSSR count). The SMILES string of the molecule is O=C(NCCc1ccccc1)N[C@@H]1COc2ccccc2C1. The summed E-state index contributed by atoms with van der Waals surface area (Å²) < 4.78 is 5.67. The van der Waals surface area contributed by atoms with Gasteiger partial charge in [0.2, 0.25) is 0 Å². The van der Waals surface area contributed by atoms with Gasteiger partial charge in [-0.1, -0.05) is 48.5 Å². The Morgan fingerprint density at radius 1 is 1.09 bits per heavy atom. The molecule has 0 spiro atoms. The lowest BCUT2D eigenvalue weighted by Gasteiger charge is -2.26. The largest absolute Gasteiger partial charge is 0.491 e. The minimum atomic E-state index is -0.135. The maximum Gasteiger partial charge on any atom is 0.315 e. The summed E-state index contributed by atoms with van der Waals surface area (Å²) in [6.45, 7) is 1.14. The third-order valence-corrected chi connectivity index (χ3v) is 3.76. The number of carbonyl (C=O) groups excluding carboxylic acids is 1. The van der Waals surface area contributed by atoms with E-state index in [1.54, 1.807) is 0 Å². The summed E-state index contributed by atoms with van der Waals surface area (Å²) in [6, 6.07) is 18.0. The number of fused-ring (bicyclic) bond motifs is 1. The number of benzene rings is 2. The number of carbonyl (C=O) groups is 1. The van der Waals surface area contributed by atoms with Crippen LogP contribution in [0, 0.1) is 0 Å². The summed E-state index contributed by atoms with van der Waals surface area (Å²) in [6.07, 6.45) is 1.64. The zero-order chi connectivity index (χ0) is 15.2. The molecule has 0 saturated carbocycles. The van der Waals surface area contributed by atoms with Gasteiger partial charge >= 0.3 is 6.03 Å². The van der Waals surface area contributed by atoms with Crippen LogP contribution in [0.3, 0.4) is 0 Å². The standard InChI is InChI=1S/C18H20N2O2/c21-18(19-11-10-14-6-2-1-3-7-14)20-16-12-15-8-4-5-9-17(15)22-13-16/h1-9,16H,10-13H2,(H2,19,20,21)/t16-/m0/s1. The first-order valence-electron chi connectivity index (χ1n) is 7.60. The van der Waals surface area contributed by atoms with Crippen LogP contribution in [0.25, 0.3) is 0 Å². The second-order valence-corrected chi connectivity index (χ2v) is 5.46. The van der Waals surface area contributed by atoms with Crippen LogP contribution in [0.1, 0.15) is 11.1 Å². The van der Waals surface area contributed by atoms with Crippen LogP contribution in [0.4, 0.5) is 4.79 Å². The Bertz CT molecular complexity index is 628. The number of hydrogen-bond acceptors (Lipinski definition) is 2. The number of para-hydroxylation sites is 1. The zero-order valence-electron chi connectivity index (χ0n) is 12.4. The molecule has 4 nitrogen and oxygen atoms in total. The molecule has 0 aliphatic carbocycles. The van der Waals surface area contributed by atoms with Crippen LogP contribution in [0.2, 0.25) is 0 Å². The molecule has 0 fully saturated rings. The molecule has 0 bridgehead atoms. The fourth-order valence-corrected chi connectivity index (χ4v) is 2.62. The molecule has 2 N–H and O–H groups in total. The van der Waals surface area contributed by atoms with E-state index in [9.17, 15) is 4.79 Å². The van der Waals surface area contributed by atoms with Crippen molar-refractivity contribution in [3.8, 4) is 5.75 Å². The van der Waals surface area contributed by atoms with Gasteiger partial charge in [0, 0.05) is 6.54 Å². The first-order chi connectivity index (χ1) is 10.8. The Morgan fingerprint density at radius 2 is 1.86 bits per heavy atom. The van der Waals surface area contributed by atoms with Crippen molar-refractivity contribution in [3.63, 3.8) is 0 Å². The number of hydrogen-bond donors (Lipinski definition) is 2. The molecule has 1 heterocycles. The molecule has 2 amide bonds. The van der Waals surface area contributed by atoms with Gasteiger partial charge < -0.3 is 15.4 Å². The first kappa shape index (κ1) is 14.4. The van der Waals surface area contributed by atoms with E-state index in [0.29, 0.717) is 13.2 Å². The van der Waals surface area contributed by atoms with E-state index in [1.807, 2.05) is 42.5 Å². The van der Waals surface area contributed by atoms with Gasteiger partial charge in [0.1, 0.15) is 12.4 Å². The number of rotatable bonds is 4. The highest BCUT2D eigenvalue weighted by molar-refractivity contribution is 5.74. The summed E-state index contributed by atoms with van der Waals surface area (Å²) in [7, 11) is 0. The molecule has 1 aliphatic heterocycles. The third-order valence-electron chi connectivity index (χ3n) is 3.76. The number of amides is 2. The first-order valence-corrected chi connectivity index (χ1v) is 7.60. The molecule has 2 aromatic rings. The Hall–Kier alpha value is -2.49. The molecule has 0 unspecified atom stereocenters. The molecule has 4 heteroatoms. The average Bonchev–Trinajstić information content (AvgIpc) is 2.56. The molecule has 1 atom stereocenters. The van der Waals surface area contributed by atoms with E-state index in [2.05, 4.69) is 22.8 Å². The summed E-state index contributed by atoms with van der Waals surface area (Å²) in [5.74, 6) is 0.921. The normalized spacial score (nSPS) is 16.3. The topological polar surface area (TPSA) is 50.4 Å². The van der Waals surface area contributed by atoms with Gasteiger partial charge in [0.05, 0.1) is 6.04 Å². The van der Waals surface area contributed by atoms with Gasteiger partial charge in [-0.2, -0.15) is 0 Å². The van der Waals surface area contributed by atoms with E-state index < -0.39 is 0 Å². The van der Waals surface area contributed by atoms with Crippen LogP contribution in [0.15, 0.2) is 54.6 Å². The van der Waals surface area contributed by atoms with Crippen molar-refractivity contribution in [2.75, 3.05) is 13.2 Å². The quantitative estimate of drug-likeness (QED) is 0.911. The van der Waals surface area contributed by atoms with Crippen molar-refractivity contribution < 1.29 is 9.53 Å². The van der Waals surface area contributed by atoms with Crippen molar-refractivity contribution >= 4 is 6.03 Å². The fraction of sp³-hybridized carbons (Fsp3) is 0.278. The van der Waals surface area contributed by atoms with Crippen molar-refractivity contribution in [2.45, 2.75) is 18.9 Å². The van der Waals surface area contributed by atoms with Crippen LogP contribution in [-0.4, -0.2) is 25.2 Å². The van der Waals surface area contributed by atoms with Gasteiger partial charge in [-0.15, -0.1) is 0 Å². The van der Waals surface area contributed by atoms with Crippen LogP contribution < -0.4 is 15.4 Å². The zero-order valence-corrected chi connectivity index (χ0v) is 12.4. The van der Waals surface area contributed by atoms with Gasteiger partial charge in [-0.3, -0.25) is 0 Å². The number of ether oxygens (including phenoxy) is 1. The molecule has 22 heavy (non-hydrogen) atoms. The van der Waals surface area contributed by atoms with E-state index >= 15 is 0 Å². The molecule has 2 aromatic carbocycles. The van der Waals surface area contributed by atoms with Crippen molar-refractivity contribution in [1.82, 2.24) is 10.6 Å². The van der Waals surface area contributed by atoms with Gasteiger partial charge in [0.25, 0.3) is 0 Å². The molecule has 1 aliphatic rings. The van der Waals surface area contributed by atoms with Gasteiger partial charge in [0.15, 0.2) is 0 Å². The molecule has 114 valence electrons. The third kappa shape index (κ3) is 3.79. The molecule has 0 aromatic heterocycles. The Balaban J connectivity index is 1.43. The highest BCUT2D eigenvalue weighted by atomic mass is 16.5. The van der Waals surface area contributed by atoms with E-state index in [4.69, 9.17) is 4.74 Å². The molecular weight excluding hydrogens is 276 g/mol. The predicted octanol–water partition coefficient (Wildman–Crippen LogP) is 2.53. The second-order valence-electron chi connectivity index (χ2n) is 5.46. The van der Waals surface area contributed by atoms with Crippen LogP contribution in [0.5, 0.6) is 5.75 Å². The van der Waals surface area contributed by atoms with Gasteiger partial charge in [-0.05, 0) is 30.0 Å². The predicted molar refractivity (Wildman–Crippen MR) is 86.1 cm³/mol. The Morgan fingerprint density at radius 3 is 2.73 bits per heavy atom. The van der Waals surface area contributed by atoms with E-state index in [0.717, 1.165) is 24.2 Å². The lowest BCUT2D eigenvalue weighted by Crippen LogP contribution is -2.47. The van der Waals surface area contributed by atoms with Crippen molar-refractivity contribution in [1.29, 1.82) is 0 Å². The van der Waals surface area contributed by atoms with E-state index in [1.165, 1.54) is 5.56 Å². The Kier molecular flexibility index (Phi) is 4.59. The van der Waals surface area contributed by atoms with Crippen molar-refractivity contribution in [2.24, 2.45) is 0 Å². The number of urea groups is 1. The lowest BCUT2D eigenvalue weighted by atomic mass is 10.0. The monoisotopic (exact) mass is 296 g/mol. The van der Waals surface area contributed by atoms with Crippen molar-refractivity contribution in [3.05, 3.63) is 65.7 Å². The smallest absolute Gasteiger partial charge is 0.315 e. The second kappa shape index (κ2) is 6.98. The van der Waals surface area contributed by atoms with Crippen LogP contribution >= 0.6 is 0 Å². The van der Waals surface area contributed by atoms with Gasteiger partial charge in [-0.25, -0.2) is 4.79 Å². The van der Waals surface area contributed by atoms with Crippen LogP contribution in [-0.2, 0) is 12.8 Å². The summed E-state index contributed by atoms with van der Waals surface area (Å²) >= 11 is 0. The number of nitrogens with one attached hydrogen (secondary N) is 2. The summed E-state index contributed by atoms with van der Waals surface area (Å²) in [4.78, 5) is 11.9. The summed E-state index contributed by atoms with van der Waals surface area (Å²) in [5.41, 5.74) is 2.36. The Labute approximate surface area is 130 Å². The molecular formula is C18H20N2O2. The summed E-state index contributed by atoms with van der Waals surface area (Å²) in [5, 5.41) is 5.87. The maximum absolute atomic E-state index is 11.9. The molecule has 0 saturated heterocycles. The highest BCUT2D eigenvalue weighted by Crippen LogP contribution is 2.23. The molecule has 0 radical (unpaired) electrons. The minimum Gasteiger partial charge on any atom is -0.491 e. The van der Waals surface area contributed by atoms with E-state index in [-0.39, 0.29) is 12.1 Å². The maximum atomic E-state index is 11.9. The average molecular weight is 296 g/mol. The fourth-order valence-electron chi connectivity index (χ4n) is 2.62. The highest BCUT2D eigenvalue weighted by Gasteiger charge is 2.20.